The number of rotatable bonds is 3. The summed E-state index contributed by atoms with van der Waals surface area (Å²) in [5, 5.41) is 1.22. The monoisotopic (exact) mass is 349 g/mol. The molecule has 2 aromatic rings. The predicted octanol–water partition coefficient (Wildman–Crippen LogP) is 3.32. The number of nitrogens with zero attached hydrogens (tertiary/aromatic N) is 3. The molecule has 5 rings (SSSR count). The van der Waals surface area contributed by atoms with Crippen molar-refractivity contribution in [2.75, 3.05) is 26.2 Å². The first-order chi connectivity index (χ1) is 12.6. The zero-order valence-electron chi connectivity index (χ0n) is 15.5. The maximum Gasteiger partial charge on any atom is 0.225 e. The minimum atomic E-state index is 0.262. The van der Waals surface area contributed by atoms with Crippen LogP contribution in [-0.4, -0.2) is 46.9 Å². The first-order valence-corrected chi connectivity index (χ1v) is 9.96. The fourth-order valence-corrected chi connectivity index (χ4v) is 5.14. The molecular formula is C22H27N3O. The van der Waals surface area contributed by atoms with Crippen LogP contribution < -0.4 is 0 Å². The Balaban J connectivity index is 1.25. The van der Waals surface area contributed by atoms with Crippen molar-refractivity contribution < 1.29 is 4.79 Å². The highest BCUT2D eigenvalue weighted by atomic mass is 16.2. The van der Waals surface area contributed by atoms with Gasteiger partial charge in [-0.25, -0.2) is 0 Å². The summed E-state index contributed by atoms with van der Waals surface area (Å²) in [5.41, 5.74) is 2.68. The maximum absolute atomic E-state index is 12.6. The number of carbonyl (C=O) groups is 1. The lowest BCUT2D eigenvalue weighted by Crippen LogP contribution is -2.40. The fourth-order valence-electron chi connectivity index (χ4n) is 5.14. The third-order valence-electron chi connectivity index (χ3n) is 6.88. The lowest BCUT2D eigenvalue weighted by atomic mass is 9.83. The summed E-state index contributed by atoms with van der Waals surface area (Å²) in [6.07, 6.45) is 5.31. The standard InChI is InChI=1S/C22H27N3O/c1-22-14-24(11-16-7-8-20-18(10-16)6-3-9-23-20)12-19(22)13-25(15-22)21(26)17-4-2-5-17/h3,6-10,17,19H,2,4-5,11-15H2,1H3/t19-,22+/m0/s1. The van der Waals surface area contributed by atoms with Crippen LogP contribution in [0.4, 0.5) is 0 Å². The van der Waals surface area contributed by atoms with Crippen LogP contribution in [0.3, 0.4) is 0 Å². The highest BCUT2D eigenvalue weighted by Crippen LogP contribution is 2.44. The number of pyridine rings is 1. The smallest absolute Gasteiger partial charge is 0.225 e. The lowest BCUT2D eigenvalue weighted by molar-refractivity contribution is -0.137. The second-order valence-electron chi connectivity index (χ2n) is 8.90. The molecule has 26 heavy (non-hydrogen) atoms. The zero-order chi connectivity index (χ0) is 17.7. The second-order valence-corrected chi connectivity index (χ2v) is 8.90. The predicted molar refractivity (Wildman–Crippen MR) is 103 cm³/mol. The van der Waals surface area contributed by atoms with Gasteiger partial charge in [0.2, 0.25) is 5.91 Å². The number of likely N-dealkylation sites (tertiary alicyclic amines) is 2. The molecule has 136 valence electrons. The van der Waals surface area contributed by atoms with E-state index in [0.29, 0.717) is 17.7 Å². The van der Waals surface area contributed by atoms with E-state index in [-0.39, 0.29) is 5.41 Å². The van der Waals surface area contributed by atoms with E-state index in [0.717, 1.165) is 51.1 Å². The molecule has 0 radical (unpaired) electrons. The summed E-state index contributed by atoms with van der Waals surface area (Å²) >= 11 is 0. The molecule has 3 heterocycles. The van der Waals surface area contributed by atoms with Crippen LogP contribution in [0, 0.1) is 17.3 Å². The normalized spacial score (nSPS) is 29.1. The Kier molecular flexibility index (Phi) is 3.78. The van der Waals surface area contributed by atoms with E-state index in [2.05, 4.69) is 46.0 Å². The van der Waals surface area contributed by atoms with Gasteiger partial charge in [-0.1, -0.05) is 25.5 Å². The lowest BCUT2D eigenvalue weighted by Gasteiger charge is -2.31. The van der Waals surface area contributed by atoms with E-state index in [9.17, 15) is 4.79 Å². The Bertz CT molecular complexity index is 846. The average Bonchev–Trinajstić information content (AvgIpc) is 3.04. The van der Waals surface area contributed by atoms with Gasteiger partial charge in [0.05, 0.1) is 5.52 Å². The molecule has 1 aromatic heterocycles. The van der Waals surface area contributed by atoms with Crippen molar-refractivity contribution in [3.05, 3.63) is 42.1 Å². The van der Waals surface area contributed by atoms with Crippen molar-refractivity contribution in [1.29, 1.82) is 0 Å². The summed E-state index contributed by atoms with van der Waals surface area (Å²) < 4.78 is 0. The third-order valence-corrected chi connectivity index (χ3v) is 6.88. The molecule has 4 nitrogen and oxygen atoms in total. The number of hydrogen-bond acceptors (Lipinski definition) is 3. The summed E-state index contributed by atoms with van der Waals surface area (Å²) in [4.78, 5) is 21.8. The highest BCUT2D eigenvalue weighted by molar-refractivity contribution is 5.80. The molecule has 0 spiro atoms. The Hall–Kier alpha value is -1.94. The van der Waals surface area contributed by atoms with E-state index < -0.39 is 0 Å². The first-order valence-electron chi connectivity index (χ1n) is 9.96. The van der Waals surface area contributed by atoms with E-state index >= 15 is 0 Å². The molecule has 1 aromatic carbocycles. The maximum atomic E-state index is 12.6. The molecule has 4 heteroatoms. The Labute approximate surface area is 155 Å². The van der Waals surface area contributed by atoms with Gasteiger partial charge in [0, 0.05) is 55.6 Å². The molecule has 2 atom stereocenters. The quantitative estimate of drug-likeness (QED) is 0.853. The molecule has 1 amide bonds. The highest BCUT2D eigenvalue weighted by Gasteiger charge is 2.51. The Morgan fingerprint density at radius 2 is 2.12 bits per heavy atom. The number of carbonyl (C=O) groups excluding carboxylic acids is 1. The van der Waals surface area contributed by atoms with Gasteiger partial charge in [-0.15, -0.1) is 0 Å². The Morgan fingerprint density at radius 3 is 2.88 bits per heavy atom. The topological polar surface area (TPSA) is 36.4 Å². The summed E-state index contributed by atoms with van der Waals surface area (Å²) in [6.45, 7) is 7.49. The third kappa shape index (κ3) is 2.71. The van der Waals surface area contributed by atoms with Gasteiger partial charge in [0.1, 0.15) is 0 Å². The molecule has 0 unspecified atom stereocenters. The number of fused-ring (bicyclic) bond motifs is 2. The zero-order valence-corrected chi connectivity index (χ0v) is 15.5. The van der Waals surface area contributed by atoms with Crippen LogP contribution >= 0.6 is 0 Å². The van der Waals surface area contributed by atoms with Crippen LogP contribution in [0.15, 0.2) is 36.5 Å². The largest absolute Gasteiger partial charge is 0.342 e. The van der Waals surface area contributed by atoms with Crippen molar-refractivity contribution in [1.82, 2.24) is 14.8 Å². The number of benzene rings is 1. The summed E-state index contributed by atoms with van der Waals surface area (Å²) in [7, 11) is 0. The van der Waals surface area contributed by atoms with Gasteiger partial charge in [-0.2, -0.15) is 0 Å². The fraction of sp³-hybridized carbons (Fsp3) is 0.545. The molecule has 3 fully saturated rings. The van der Waals surface area contributed by atoms with Gasteiger partial charge in [-0.05, 0) is 42.5 Å². The van der Waals surface area contributed by atoms with Gasteiger partial charge < -0.3 is 4.90 Å². The average molecular weight is 349 g/mol. The van der Waals surface area contributed by atoms with Crippen molar-refractivity contribution in [3.8, 4) is 0 Å². The number of amides is 1. The van der Waals surface area contributed by atoms with E-state index in [1.807, 2.05) is 12.3 Å². The molecule has 1 saturated carbocycles. The van der Waals surface area contributed by atoms with Gasteiger partial charge in [0.25, 0.3) is 0 Å². The summed E-state index contributed by atoms with van der Waals surface area (Å²) in [6, 6.07) is 10.7. The molecule has 3 aliphatic rings. The molecule has 2 aliphatic heterocycles. The minimum absolute atomic E-state index is 0.262. The molecule has 0 N–H and O–H groups in total. The van der Waals surface area contributed by atoms with Crippen molar-refractivity contribution >= 4 is 16.8 Å². The van der Waals surface area contributed by atoms with E-state index in [1.54, 1.807) is 0 Å². The van der Waals surface area contributed by atoms with Crippen LogP contribution in [0.1, 0.15) is 31.7 Å². The molecule has 1 aliphatic carbocycles. The summed E-state index contributed by atoms with van der Waals surface area (Å²) in [5.74, 6) is 1.38. The SMILES string of the molecule is C[C@]12CN(Cc3ccc4ncccc4c3)C[C@H]1CN(C(=O)C1CCC1)C2. The Morgan fingerprint density at radius 1 is 1.23 bits per heavy atom. The number of hydrogen-bond donors (Lipinski definition) is 0. The van der Waals surface area contributed by atoms with Crippen LogP contribution in [-0.2, 0) is 11.3 Å². The second kappa shape index (κ2) is 6.05. The van der Waals surface area contributed by atoms with Crippen molar-refractivity contribution in [2.24, 2.45) is 17.3 Å². The van der Waals surface area contributed by atoms with Crippen molar-refractivity contribution in [3.63, 3.8) is 0 Å². The molecule has 2 saturated heterocycles. The van der Waals surface area contributed by atoms with Crippen LogP contribution in [0.2, 0.25) is 0 Å². The number of aromatic nitrogens is 1. The first kappa shape index (κ1) is 16.2. The van der Waals surface area contributed by atoms with Gasteiger partial charge in [0.15, 0.2) is 0 Å². The van der Waals surface area contributed by atoms with Crippen LogP contribution in [0.5, 0.6) is 0 Å². The van der Waals surface area contributed by atoms with Crippen molar-refractivity contribution in [2.45, 2.75) is 32.7 Å². The van der Waals surface area contributed by atoms with Gasteiger partial charge >= 0.3 is 0 Å². The molecular weight excluding hydrogens is 322 g/mol. The van der Waals surface area contributed by atoms with E-state index in [4.69, 9.17) is 0 Å². The van der Waals surface area contributed by atoms with Crippen LogP contribution in [0.25, 0.3) is 10.9 Å². The van der Waals surface area contributed by atoms with Gasteiger partial charge in [-0.3, -0.25) is 14.7 Å². The molecule has 0 bridgehead atoms. The van der Waals surface area contributed by atoms with E-state index in [1.165, 1.54) is 17.4 Å². The minimum Gasteiger partial charge on any atom is -0.342 e.